The van der Waals surface area contributed by atoms with Crippen LogP contribution in [0.2, 0.25) is 0 Å². The van der Waals surface area contributed by atoms with Gasteiger partial charge in [-0.2, -0.15) is 13.2 Å². The number of anilines is 2. The van der Waals surface area contributed by atoms with Gasteiger partial charge in [0.2, 0.25) is 0 Å². The highest BCUT2D eigenvalue weighted by Gasteiger charge is 2.40. The van der Waals surface area contributed by atoms with E-state index in [2.05, 4.69) is 31.5 Å². The number of alkyl halides is 3. The van der Waals surface area contributed by atoms with E-state index in [4.69, 9.17) is 4.74 Å². The number of rotatable bonds is 3. The van der Waals surface area contributed by atoms with Crippen LogP contribution in [0.3, 0.4) is 0 Å². The van der Waals surface area contributed by atoms with Crippen LogP contribution in [0.25, 0.3) is 11.0 Å². The number of fused-ring (bicyclic) bond motifs is 1. The summed E-state index contributed by atoms with van der Waals surface area (Å²) in [6.45, 7) is 4.91. The first kappa shape index (κ1) is 27.9. The Bertz CT molecular complexity index is 1480. The Morgan fingerprint density at radius 1 is 1.11 bits per heavy atom. The fourth-order valence-electron chi connectivity index (χ4n) is 3.10. The van der Waals surface area contributed by atoms with Gasteiger partial charge >= 0.3 is 24.1 Å². The number of aryl methyl sites for hydroxylation is 1. The summed E-state index contributed by atoms with van der Waals surface area (Å²) >= 11 is 0. The zero-order valence-corrected chi connectivity index (χ0v) is 21.2. The lowest BCUT2D eigenvalue weighted by molar-refractivity contribution is -0.167. The summed E-state index contributed by atoms with van der Waals surface area (Å²) in [5.41, 5.74) is -0.691. The molecule has 0 spiro atoms. The predicted molar refractivity (Wildman–Crippen MR) is 129 cm³/mol. The molecule has 14 heteroatoms. The first-order chi connectivity index (χ1) is 17.6. The molecule has 0 unspecified atom stereocenters. The number of aromatic nitrogens is 4. The molecule has 200 valence electrons. The Morgan fingerprint density at radius 2 is 1.79 bits per heavy atom. The van der Waals surface area contributed by atoms with Crippen molar-refractivity contribution in [2.24, 2.45) is 7.05 Å². The zero-order valence-electron chi connectivity index (χ0n) is 21.2. The molecule has 0 saturated carbocycles. The number of methoxy groups -OCH3 is 1. The van der Waals surface area contributed by atoms with E-state index < -0.39 is 35.6 Å². The van der Waals surface area contributed by atoms with Gasteiger partial charge in [0.25, 0.3) is 0 Å². The molecule has 0 aromatic carbocycles. The Balaban J connectivity index is 2.24. The van der Waals surface area contributed by atoms with E-state index in [1.165, 1.54) is 43.3 Å². The number of nitrogens with one attached hydrogen (secondary N) is 1. The lowest BCUT2D eigenvalue weighted by Gasteiger charge is -2.24. The van der Waals surface area contributed by atoms with Crippen molar-refractivity contribution >= 4 is 40.6 Å². The van der Waals surface area contributed by atoms with Crippen LogP contribution in [0.15, 0.2) is 24.5 Å². The molecular formula is C24H23F3N6O5. The third-order valence-corrected chi connectivity index (χ3v) is 4.77. The second-order valence-electron chi connectivity index (χ2n) is 8.85. The van der Waals surface area contributed by atoms with E-state index >= 15 is 0 Å². The van der Waals surface area contributed by atoms with E-state index in [1.807, 2.05) is 0 Å². The molecule has 0 aliphatic rings. The number of nitrogens with zero attached hydrogens (tertiary/aromatic N) is 5. The van der Waals surface area contributed by atoms with E-state index in [0.717, 1.165) is 4.90 Å². The highest BCUT2D eigenvalue weighted by Crippen LogP contribution is 2.32. The minimum atomic E-state index is -5.23. The van der Waals surface area contributed by atoms with Crippen LogP contribution in [-0.4, -0.2) is 63.4 Å². The molecule has 3 rings (SSSR count). The third-order valence-electron chi connectivity index (χ3n) is 4.77. The average Bonchev–Trinajstić information content (AvgIpc) is 3.21. The summed E-state index contributed by atoms with van der Waals surface area (Å²) < 4.78 is 50.8. The van der Waals surface area contributed by atoms with Crippen LogP contribution in [0.1, 0.15) is 42.5 Å². The number of carbonyl (C=O) groups excluding carboxylic acids is 3. The largest absolute Gasteiger partial charge is 0.471 e. The summed E-state index contributed by atoms with van der Waals surface area (Å²) in [5, 5.41) is 1.73. The van der Waals surface area contributed by atoms with Gasteiger partial charge in [0.1, 0.15) is 22.5 Å². The van der Waals surface area contributed by atoms with E-state index in [1.54, 1.807) is 33.1 Å². The SMILES string of the molecule is COC(=O)c1cccc(C#Cc2c(NC(=O)C(F)(F)F)nc(N(C)C(=O)OC(C)(C)C)c3ncn(C)c23)n1. The fourth-order valence-corrected chi connectivity index (χ4v) is 3.10. The van der Waals surface area contributed by atoms with Crippen LogP contribution in [0, 0.1) is 11.8 Å². The molecule has 0 atom stereocenters. The first-order valence-electron chi connectivity index (χ1n) is 10.9. The van der Waals surface area contributed by atoms with Gasteiger partial charge in [-0.15, -0.1) is 0 Å². The maximum Gasteiger partial charge on any atom is 0.471 e. The molecular weight excluding hydrogens is 509 g/mol. The van der Waals surface area contributed by atoms with Gasteiger partial charge in [0.05, 0.1) is 24.5 Å². The van der Waals surface area contributed by atoms with Crippen molar-refractivity contribution in [3.05, 3.63) is 41.5 Å². The van der Waals surface area contributed by atoms with Crippen molar-refractivity contribution in [2.75, 3.05) is 24.4 Å². The van der Waals surface area contributed by atoms with Crippen LogP contribution < -0.4 is 10.2 Å². The lowest BCUT2D eigenvalue weighted by atomic mass is 10.2. The molecule has 3 aromatic heterocycles. The van der Waals surface area contributed by atoms with Gasteiger partial charge in [0.15, 0.2) is 11.6 Å². The first-order valence-corrected chi connectivity index (χ1v) is 10.9. The number of ether oxygens (including phenoxy) is 2. The minimum Gasteiger partial charge on any atom is -0.464 e. The molecule has 0 saturated heterocycles. The second kappa shape index (κ2) is 10.4. The van der Waals surface area contributed by atoms with E-state index in [0.29, 0.717) is 0 Å². The standard InChI is InChI=1S/C24H23F3N6O5/c1-23(2,3)38-22(36)33(5)19-16-17(32(4)12-28-16)14(18(30-19)31-21(35)24(25,26)27)11-10-13-8-7-9-15(29-13)20(34)37-6/h7-9,12H,1-6H3,(H,30,31,35). The Kier molecular flexibility index (Phi) is 7.61. The third kappa shape index (κ3) is 6.17. The predicted octanol–water partition coefficient (Wildman–Crippen LogP) is 3.42. The Labute approximate surface area is 215 Å². The van der Waals surface area contributed by atoms with Crippen molar-refractivity contribution in [2.45, 2.75) is 32.5 Å². The summed E-state index contributed by atoms with van der Waals surface area (Å²) in [6, 6.07) is 4.35. The topological polar surface area (TPSA) is 129 Å². The van der Waals surface area contributed by atoms with Gasteiger partial charge < -0.3 is 19.4 Å². The Morgan fingerprint density at radius 3 is 2.39 bits per heavy atom. The summed E-state index contributed by atoms with van der Waals surface area (Å²) in [7, 11) is 4.02. The number of halogens is 3. The highest BCUT2D eigenvalue weighted by molar-refractivity contribution is 6.03. The van der Waals surface area contributed by atoms with Crippen LogP contribution in [-0.2, 0) is 21.3 Å². The second-order valence-corrected chi connectivity index (χ2v) is 8.85. The van der Waals surface area contributed by atoms with Gasteiger partial charge in [-0.3, -0.25) is 9.69 Å². The number of carbonyl (C=O) groups is 3. The minimum absolute atomic E-state index is 0.0389. The number of pyridine rings is 2. The molecule has 2 amide bonds. The van der Waals surface area contributed by atoms with Crippen LogP contribution >= 0.6 is 0 Å². The monoisotopic (exact) mass is 532 g/mol. The molecule has 3 heterocycles. The van der Waals surface area contributed by atoms with Gasteiger partial charge in [-0.05, 0) is 38.8 Å². The van der Waals surface area contributed by atoms with Gasteiger partial charge in [-0.25, -0.2) is 24.5 Å². The van der Waals surface area contributed by atoms with E-state index in [-0.39, 0.29) is 33.8 Å². The maximum absolute atomic E-state index is 13.1. The zero-order chi connectivity index (χ0) is 28.4. The average molecular weight is 532 g/mol. The van der Waals surface area contributed by atoms with Crippen molar-refractivity contribution < 1.29 is 37.0 Å². The van der Waals surface area contributed by atoms with Crippen molar-refractivity contribution in [3.63, 3.8) is 0 Å². The molecule has 11 nitrogen and oxygen atoms in total. The highest BCUT2D eigenvalue weighted by atomic mass is 19.4. The lowest BCUT2D eigenvalue weighted by Crippen LogP contribution is -2.35. The van der Waals surface area contributed by atoms with Crippen molar-refractivity contribution in [3.8, 4) is 11.8 Å². The Hall–Kier alpha value is -4.67. The maximum atomic E-state index is 13.1. The quantitative estimate of drug-likeness (QED) is 0.402. The summed E-state index contributed by atoms with van der Waals surface area (Å²) in [5.74, 6) is 1.56. The fraction of sp³-hybridized carbons (Fsp3) is 0.333. The summed E-state index contributed by atoms with van der Waals surface area (Å²) in [6.07, 6.45) is -4.75. The van der Waals surface area contributed by atoms with Crippen molar-refractivity contribution in [1.29, 1.82) is 0 Å². The normalized spacial score (nSPS) is 11.4. The number of hydrogen-bond donors (Lipinski definition) is 1. The van der Waals surface area contributed by atoms with E-state index in [9.17, 15) is 27.6 Å². The molecule has 0 aliphatic heterocycles. The van der Waals surface area contributed by atoms with Crippen molar-refractivity contribution in [1.82, 2.24) is 19.5 Å². The molecule has 0 radical (unpaired) electrons. The number of hydrogen-bond acceptors (Lipinski definition) is 8. The van der Waals surface area contributed by atoms with Crippen LogP contribution in [0.5, 0.6) is 0 Å². The molecule has 0 fully saturated rings. The number of imidazole rings is 1. The molecule has 1 N–H and O–H groups in total. The molecule has 0 aliphatic carbocycles. The molecule has 0 bridgehead atoms. The number of amides is 2. The number of esters is 1. The van der Waals surface area contributed by atoms with Gasteiger partial charge in [0, 0.05) is 14.1 Å². The summed E-state index contributed by atoms with van der Waals surface area (Å²) in [4.78, 5) is 49.7. The van der Waals surface area contributed by atoms with Gasteiger partial charge in [-0.1, -0.05) is 12.0 Å². The van der Waals surface area contributed by atoms with Crippen LogP contribution in [0.4, 0.5) is 29.6 Å². The smallest absolute Gasteiger partial charge is 0.464 e. The molecule has 38 heavy (non-hydrogen) atoms. The molecule has 3 aromatic rings.